The van der Waals surface area contributed by atoms with Gasteiger partial charge in [-0.25, -0.2) is 9.78 Å². The molecule has 0 aliphatic carbocycles. The minimum absolute atomic E-state index is 0.0254. The van der Waals surface area contributed by atoms with Crippen LogP contribution in [-0.2, 0) is 35.2 Å². The lowest BCUT2D eigenvalue weighted by Crippen LogP contribution is -2.57. The predicted molar refractivity (Wildman–Crippen MR) is 184 cm³/mol. The van der Waals surface area contributed by atoms with Crippen LogP contribution in [0, 0.1) is 17.8 Å². The van der Waals surface area contributed by atoms with Crippen molar-refractivity contribution in [1.82, 2.24) is 36.1 Å². The van der Waals surface area contributed by atoms with Gasteiger partial charge < -0.3 is 31.3 Å². The van der Waals surface area contributed by atoms with Crippen molar-refractivity contribution in [3.05, 3.63) is 72.8 Å². The number of hydrogen-bond acceptors (Lipinski definition) is 9. The number of fused-ring (bicyclic) bond motifs is 1. The van der Waals surface area contributed by atoms with Crippen molar-refractivity contribution < 1.29 is 38.7 Å². The van der Waals surface area contributed by atoms with Crippen molar-refractivity contribution in [1.29, 1.82) is 0 Å². The Morgan fingerprint density at radius 2 is 1.75 bits per heavy atom. The molecule has 1 aromatic heterocycles. The molecule has 15 nitrogen and oxygen atoms in total. The number of carbonyl (C=O) groups excluding carboxylic acids is 6. The highest BCUT2D eigenvalue weighted by Gasteiger charge is 2.57. The third-order valence-electron chi connectivity index (χ3n) is 9.45. The molecule has 15 heteroatoms. The maximum atomic E-state index is 13.9. The number of carboxylic acid groups (broad SMARTS) is 1. The molecule has 4 rings (SSSR count). The number of nitrogens with one attached hydrogen (secondary N) is 4. The third-order valence-corrected chi connectivity index (χ3v) is 9.45. The molecule has 5 N–H and O–H groups in total. The second-order valence-corrected chi connectivity index (χ2v) is 13.3. The first-order chi connectivity index (χ1) is 24.3. The molecule has 3 unspecified atom stereocenters. The van der Waals surface area contributed by atoms with Gasteiger partial charge in [0.2, 0.25) is 23.5 Å². The lowest BCUT2D eigenvalue weighted by atomic mass is 9.90. The molecule has 272 valence electrons. The number of carbonyl (C=O) groups is 7. The number of nitrogens with zero attached hydrogens (tertiary/aromatic N) is 3. The van der Waals surface area contributed by atoms with E-state index < -0.39 is 89.4 Å². The smallest absolute Gasteiger partial charge is 0.326 e. The first kappa shape index (κ1) is 38.3. The molecule has 2 saturated heterocycles. The van der Waals surface area contributed by atoms with E-state index in [2.05, 4.69) is 37.8 Å². The fourth-order valence-electron chi connectivity index (χ4n) is 6.71. The molecule has 2 aliphatic heterocycles. The Morgan fingerprint density at radius 1 is 1.04 bits per heavy atom. The molecule has 3 heterocycles. The van der Waals surface area contributed by atoms with Crippen LogP contribution in [0.1, 0.15) is 63.0 Å². The number of aliphatic carboxylic acids is 1. The summed E-state index contributed by atoms with van der Waals surface area (Å²) < 4.78 is 0. The van der Waals surface area contributed by atoms with E-state index in [1.807, 2.05) is 0 Å². The van der Waals surface area contributed by atoms with Gasteiger partial charge in [-0.1, -0.05) is 70.5 Å². The van der Waals surface area contributed by atoms with Gasteiger partial charge in [0.25, 0.3) is 11.8 Å². The highest BCUT2D eigenvalue weighted by atomic mass is 16.4. The summed E-state index contributed by atoms with van der Waals surface area (Å²) in [7, 11) is 0. The maximum Gasteiger partial charge on any atom is 0.326 e. The van der Waals surface area contributed by atoms with Crippen LogP contribution in [0.3, 0.4) is 0 Å². The number of hydrogen-bond donors (Lipinski definition) is 5. The first-order valence-electron chi connectivity index (χ1n) is 17.0. The van der Waals surface area contributed by atoms with Crippen molar-refractivity contribution in [3.8, 4) is 0 Å². The summed E-state index contributed by atoms with van der Waals surface area (Å²) in [5, 5.41) is 20.1. The highest BCUT2D eigenvalue weighted by Crippen LogP contribution is 2.41. The van der Waals surface area contributed by atoms with Crippen LogP contribution in [0.4, 0.5) is 0 Å². The molecule has 51 heavy (non-hydrogen) atoms. The summed E-state index contributed by atoms with van der Waals surface area (Å²) in [6, 6.07) is 2.42. The van der Waals surface area contributed by atoms with Gasteiger partial charge in [0.15, 0.2) is 0 Å². The Kier molecular flexibility index (Phi) is 12.7. The molecule has 2 aliphatic rings. The fraction of sp³-hybridized carbons (Fsp3) is 0.472. The van der Waals surface area contributed by atoms with E-state index in [0.29, 0.717) is 18.4 Å². The second-order valence-electron chi connectivity index (χ2n) is 13.3. The summed E-state index contributed by atoms with van der Waals surface area (Å²) in [4.78, 5) is 102. The van der Waals surface area contributed by atoms with Gasteiger partial charge in [-0.15, -0.1) is 6.58 Å². The van der Waals surface area contributed by atoms with Gasteiger partial charge in [-0.3, -0.25) is 33.8 Å². The number of benzene rings is 1. The molecule has 0 saturated carbocycles. The standard InChI is InChI=1S/C36H45N7O8/c1-6-11-23(30(44)34(48)40-24(36(50)51)16-21-12-9-8-10-13-21)39-33(47)29-22(7-2)17-26-20(5)28(35(49)43(26)29)42-32(46)27(19(3)4)41-31(45)25-18-37-14-15-38-25/h7-10,12-15,18-20,22-24,26-29H,2,6,11,16-17H2,1,3-5H3,(H,39,47)(H,40,48)(H,41,45)(H,42,46)(H,50,51)/t20?,22-,23?,24-,26?,27-,28-,29-/m0/s1. The number of ketones is 1. The summed E-state index contributed by atoms with van der Waals surface area (Å²) >= 11 is 0. The largest absolute Gasteiger partial charge is 0.480 e. The van der Waals surface area contributed by atoms with Crippen LogP contribution in [0.2, 0.25) is 0 Å². The molecule has 2 aromatic rings. The quantitative estimate of drug-likeness (QED) is 0.122. The summed E-state index contributed by atoms with van der Waals surface area (Å²) in [5.41, 5.74) is 0.672. The Bertz CT molecular complexity index is 1640. The fourth-order valence-corrected chi connectivity index (χ4v) is 6.71. The summed E-state index contributed by atoms with van der Waals surface area (Å²) in [6.07, 6.45) is 6.41. The molecular formula is C36H45N7O8. The number of amides is 5. The zero-order valence-corrected chi connectivity index (χ0v) is 29.1. The third kappa shape index (κ3) is 8.83. The monoisotopic (exact) mass is 703 g/mol. The average molecular weight is 704 g/mol. The Balaban J connectivity index is 1.46. The summed E-state index contributed by atoms with van der Waals surface area (Å²) in [6.45, 7) is 10.9. The normalized spacial score (nSPS) is 22.6. The minimum Gasteiger partial charge on any atom is -0.480 e. The highest BCUT2D eigenvalue weighted by molar-refractivity contribution is 6.38. The van der Waals surface area contributed by atoms with Gasteiger partial charge in [-0.05, 0) is 24.3 Å². The van der Waals surface area contributed by atoms with E-state index in [4.69, 9.17) is 0 Å². The van der Waals surface area contributed by atoms with Crippen LogP contribution < -0.4 is 21.3 Å². The van der Waals surface area contributed by atoms with Crippen LogP contribution in [0.5, 0.6) is 0 Å². The lowest BCUT2D eigenvalue weighted by Gasteiger charge is -2.28. The second kappa shape index (κ2) is 17.0. The van der Waals surface area contributed by atoms with Gasteiger partial charge in [0.05, 0.1) is 12.2 Å². The Morgan fingerprint density at radius 3 is 2.33 bits per heavy atom. The zero-order chi connectivity index (χ0) is 37.4. The van der Waals surface area contributed by atoms with E-state index >= 15 is 0 Å². The molecule has 0 bridgehead atoms. The van der Waals surface area contributed by atoms with Crippen molar-refractivity contribution in [3.63, 3.8) is 0 Å². The number of carboxylic acids is 1. The van der Waals surface area contributed by atoms with Gasteiger partial charge >= 0.3 is 5.97 Å². The predicted octanol–water partition coefficient (Wildman–Crippen LogP) is 0.803. The molecule has 2 fully saturated rings. The van der Waals surface area contributed by atoms with Gasteiger partial charge in [0, 0.05) is 36.7 Å². The average Bonchev–Trinajstić information content (AvgIpc) is 3.61. The Hall–Kier alpha value is -5.47. The van der Waals surface area contributed by atoms with E-state index in [1.54, 1.807) is 64.1 Å². The number of rotatable bonds is 16. The first-order valence-corrected chi connectivity index (χ1v) is 17.0. The molecular weight excluding hydrogens is 658 g/mol. The molecule has 5 amide bonds. The minimum atomic E-state index is -1.38. The zero-order valence-electron chi connectivity index (χ0n) is 29.1. The van der Waals surface area contributed by atoms with Crippen LogP contribution >= 0.6 is 0 Å². The SMILES string of the molecule is C=C[C@H]1CC2C(C)[C@H](NC(=O)[C@@H](NC(=O)c3cnccn3)C(C)C)C(=O)N2[C@@H]1C(=O)NC(CCC)C(=O)C(=O)N[C@@H](Cc1ccccc1)C(=O)O. The summed E-state index contributed by atoms with van der Waals surface area (Å²) in [5.74, 6) is -7.12. The van der Waals surface area contributed by atoms with E-state index in [-0.39, 0.29) is 24.5 Å². The molecule has 0 radical (unpaired) electrons. The maximum absolute atomic E-state index is 13.9. The molecule has 8 atom stereocenters. The lowest BCUT2D eigenvalue weighted by molar-refractivity contribution is -0.145. The van der Waals surface area contributed by atoms with Crippen molar-refractivity contribution in [2.75, 3.05) is 0 Å². The topological polar surface area (TPSA) is 217 Å². The van der Waals surface area contributed by atoms with E-state index in [9.17, 15) is 38.7 Å². The van der Waals surface area contributed by atoms with E-state index in [0.717, 1.165) is 0 Å². The van der Waals surface area contributed by atoms with Crippen molar-refractivity contribution >= 4 is 41.3 Å². The van der Waals surface area contributed by atoms with Gasteiger partial charge in [-0.2, -0.15) is 0 Å². The van der Waals surface area contributed by atoms with Crippen LogP contribution in [0.15, 0.2) is 61.6 Å². The van der Waals surface area contributed by atoms with E-state index in [1.165, 1.54) is 23.5 Å². The number of aromatic nitrogens is 2. The van der Waals surface area contributed by atoms with Crippen molar-refractivity contribution in [2.24, 2.45) is 17.8 Å². The molecule has 0 spiro atoms. The van der Waals surface area contributed by atoms with Crippen LogP contribution in [-0.4, -0.2) is 97.5 Å². The van der Waals surface area contributed by atoms with Crippen LogP contribution in [0.25, 0.3) is 0 Å². The molecule has 1 aromatic carbocycles. The number of Topliss-reactive ketones (excluding diaryl/α,β-unsaturated/α-hetero) is 1. The Labute approximate surface area is 296 Å². The van der Waals surface area contributed by atoms with Gasteiger partial charge in [0.1, 0.15) is 29.9 Å². The van der Waals surface area contributed by atoms with Crippen molar-refractivity contribution in [2.45, 2.75) is 89.6 Å².